The molecular weight excluding hydrogens is 176 g/mol. The lowest BCUT2D eigenvalue weighted by Gasteiger charge is -2.34. The third-order valence-electron chi connectivity index (χ3n) is 3.40. The van der Waals surface area contributed by atoms with Crippen LogP contribution in [0, 0.1) is 5.92 Å². The van der Waals surface area contributed by atoms with Gasteiger partial charge in [0.2, 0.25) is 0 Å². The third kappa shape index (κ3) is 1.57. The zero-order chi connectivity index (χ0) is 10.2. The Morgan fingerprint density at radius 1 is 1.50 bits per heavy atom. The van der Waals surface area contributed by atoms with Crippen LogP contribution in [0.15, 0.2) is 12.3 Å². The Morgan fingerprint density at radius 3 is 2.64 bits per heavy atom. The molecular formula is C11H18N2O. The second-order valence-corrected chi connectivity index (χ2v) is 4.55. The SMILES string of the molecule is CC1CCC(O)(c2ccnn2C)CC1. The van der Waals surface area contributed by atoms with Crippen molar-refractivity contribution in [3.8, 4) is 0 Å². The molecule has 0 saturated heterocycles. The topological polar surface area (TPSA) is 38.1 Å². The summed E-state index contributed by atoms with van der Waals surface area (Å²) in [6, 6.07) is 1.93. The van der Waals surface area contributed by atoms with Gasteiger partial charge in [0, 0.05) is 13.2 Å². The molecule has 3 nitrogen and oxygen atoms in total. The summed E-state index contributed by atoms with van der Waals surface area (Å²) in [6.45, 7) is 2.25. The normalized spacial score (nSPS) is 33.2. The molecule has 0 unspecified atom stereocenters. The maximum absolute atomic E-state index is 10.5. The van der Waals surface area contributed by atoms with Crippen molar-refractivity contribution < 1.29 is 5.11 Å². The highest BCUT2D eigenvalue weighted by atomic mass is 16.3. The van der Waals surface area contributed by atoms with Crippen LogP contribution in [0.2, 0.25) is 0 Å². The fourth-order valence-electron chi connectivity index (χ4n) is 2.33. The highest BCUT2D eigenvalue weighted by Gasteiger charge is 2.35. The van der Waals surface area contributed by atoms with Gasteiger partial charge in [-0.05, 0) is 37.7 Å². The second kappa shape index (κ2) is 3.39. The summed E-state index contributed by atoms with van der Waals surface area (Å²) < 4.78 is 1.79. The number of aliphatic hydroxyl groups is 1. The molecule has 0 amide bonds. The van der Waals surface area contributed by atoms with Crippen molar-refractivity contribution >= 4 is 0 Å². The van der Waals surface area contributed by atoms with Crippen LogP contribution in [0.5, 0.6) is 0 Å². The minimum atomic E-state index is -0.627. The van der Waals surface area contributed by atoms with Crippen LogP contribution >= 0.6 is 0 Å². The lowest BCUT2D eigenvalue weighted by atomic mass is 9.78. The Morgan fingerprint density at radius 2 is 2.14 bits per heavy atom. The van der Waals surface area contributed by atoms with E-state index in [0.717, 1.165) is 37.3 Å². The van der Waals surface area contributed by atoms with Crippen LogP contribution in [0.1, 0.15) is 38.3 Å². The van der Waals surface area contributed by atoms with Gasteiger partial charge in [-0.2, -0.15) is 5.10 Å². The molecule has 0 radical (unpaired) electrons. The molecule has 0 aromatic carbocycles. The van der Waals surface area contributed by atoms with Gasteiger partial charge in [0.15, 0.2) is 0 Å². The summed E-state index contributed by atoms with van der Waals surface area (Å²) in [6.07, 6.45) is 5.72. The van der Waals surface area contributed by atoms with Gasteiger partial charge < -0.3 is 5.11 Å². The largest absolute Gasteiger partial charge is 0.384 e. The number of aryl methyl sites for hydroxylation is 1. The Bertz CT molecular complexity index is 311. The average Bonchev–Trinajstić information content (AvgIpc) is 2.58. The molecule has 1 N–H and O–H groups in total. The minimum Gasteiger partial charge on any atom is -0.384 e. The predicted octanol–water partition coefficient (Wildman–Crippen LogP) is 1.82. The van der Waals surface area contributed by atoms with E-state index in [-0.39, 0.29) is 0 Å². The Balaban J connectivity index is 2.21. The Hall–Kier alpha value is -0.830. The smallest absolute Gasteiger partial charge is 0.106 e. The molecule has 3 heteroatoms. The molecule has 0 atom stereocenters. The Labute approximate surface area is 84.7 Å². The molecule has 0 bridgehead atoms. The van der Waals surface area contributed by atoms with Crippen LogP contribution in [-0.4, -0.2) is 14.9 Å². The van der Waals surface area contributed by atoms with Crippen molar-refractivity contribution in [2.75, 3.05) is 0 Å². The lowest BCUT2D eigenvalue weighted by molar-refractivity contribution is -0.0188. The van der Waals surface area contributed by atoms with Crippen LogP contribution < -0.4 is 0 Å². The fraction of sp³-hybridized carbons (Fsp3) is 0.727. The van der Waals surface area contributed by atoms with E-state index in [1.54, 1.807) is 10.9 Å². The molecule has 1 saturated carbocycles. The van der Waals surface area contributed by atoms with Crippen LogP contribution in [0.3, 0.4) is 0 Å². The molecule has 78 valence electrons. The number of hydrogen-bond acceptors (Lipinski definition) is 2. The van der Waals surface area contributed by atoms with Crippen molar-refractivity contribution in [1.82, 2.24) is 9.78 Å². The Kier molecular flexibility index (Phi) is 2.35. The van der Waals surface area contributed by atoms with Gasteiger partial charge in [-0.25, -0.2) is 0 Å². The van der Waals surface area contributed by atoms with Gasteiger partial charge >= 0.3 is 0 Å². The molecule has 1 aromatic heterocycles. The summed E-state index contributed by atoms with van der Waals surface area (Å²) in [7, 11) is 1.89. The first-order valence-electron chi connectivity index (χ1n) is 5.33. The highest BCUT2D eigenvalue weighted by Crippen LogP contribution is 2.38. The molecule has 0 aliphatic heterocycles. The molecule has 1 aromatic rings. The zero-order valence-corrected chi connectivity index (χ0v) is 8.90. The molecule has 1 fully saturated rings. The van der Waals surface area contributed by atoms with Crippen molar-refractivity contribution in [1.29, 1.82) is 0 Å². The van der Waals surface area contributed by atoms with Gasteiger partial charge in [0.1, 0.15) is 5.60 Å². The molecule has 14 heavy (non-hydrogen) atoms. The van der Waals surface area contributed by atoms with Gasteiger partial charge in [-0.3, -0.25) is 4.68 Å². The van der Waals surface area contributed by atoms with Crippen molar-refractivity contribution in [3.63, 3.8) is 0 Å². The standard InChI is InChI=1S/C11H18N2O/c1-9-3-6-11(14,7-4-9)10-5-8-12-13(10)2/h5,8-9,14H,3-4,6-7H2,1-2H3. The van der Waals surface area contributed by atoms with E-state index in [1.165, 1.54) is 0 Å². The van der Waals surface area contributed by atoms with E-state index in [4.69, 9.17) is 0 Å². The first-order chi connectivity index (χ1) is 6.62. The van der Waals surface area contributed by atoms with Crippen LogP contribution in [0.25, 0.3) is 0 Å². The van der Waals surface area contributed by atoms with Crippen molar-refractivity contribution in [2.45, 2.75) is 38.2 Å². The summed E-state index contributed by atoms with van der Waals surface area (Å²) in [5.74, 6) is 0.753. The first kappa shape index (κ1) is 9.71. The quantitative estimate of drug-likeness (QED) is 0.740. The first-order valence-corrected chi connectivity index (χ1v) is 5.33. The van der Waals surface area contributed by atoms with E-state index in [9.17, 15) is 5.11 Å². The highest BCUT2D eigenvalue weighted by molar-refractivity contribution is 5.12. The fourth-order valence-corrected chi connectivity index (χ4v) is 2.33. The van der Waals surface area contributed by atoms with E-state index in [1.807, 2.05) is 13.1 Å². The molecule has 1 aliphatic rings. The monoisotopic (exact) mass is 194 g/mol. The van der Waals surface area contributed by atoms with Gasteiger partial charge in [0.25, 0.3) is 0 Å². The van der Waals surface area contributed by atoms with E-state index >= 15 is 0 Å². The maximum atomic E-state index is 10.5. The average molecular weight is 194 g/mol. The lowest BCUT2D eigenvalue weighted by Crippen LogP contribution is -2.32. The van der Waals surface area contributed by atoms with Gasteiger partial charge in [0.05, 0.1) is 5.69 Å². The summed E-state index contributed by atoms with van der Waals surface area (Å²) in [4.78, 5) is 0. The summed E-state index contributed by atoms with van der Waals surface area (Å²) >= 11 is 0. The summed E-state index contributed by atoms with van der Waals surface area (Å²) in [5.41, 5.74) is 0.335. The molecule has 1 aliphatic carbocycles. The number of hydrogen-bond donors (Lipinski definition) is 1. The minimum absolute atomic E-state index is 0.627. The summed E-state index contributed by atoms with van der Waals surface area (Å²) in [5, 5.41) is 14.6. The number of aromatic nitrogens is 2. The third-order valence-corrected chi connectivity index (χ3v) is 3.40. The maximum Gasteiger partial charge on any atom is 0.106 e. The predicted molar refractivity (Wildman–Crippen MR) is 54.7 cm³/mol. The van der Waals surface area contributed by atoms with Crippen molar-refractivity contribution in [3.05, 3.63) is 18.0 Å². The molecule has 0 spiro atoms. The van der Waals surface area contributed by atoms with Gasteiger partial charge in [-0.1, -0.05) is 6.92 Å². The van der Waals surface area contributed by atoms with Crippen LogP contribution in [0.4, 0.5) is 0 Å². The van der Waals surface area contributed by atoms with E-state index in [0.29, 0.717) is 0 Å². The number of nitrogens with zero attached hydrogens (tertiary/aromatic N) is 2. The zero-order valence-electron chi connectivity index (χ0n) is 8.90. The molecule has 2 rings (SSSR count). The van der Waals surface area contributed by atoms with E-state index < -0.39 is 5.60 Å². The van der Waals surface area contributed by atoms with Crippen LogP contribution in [-0.2, 0) is 12.6 Å². The number of rotatable bonds is 1. The van der Waals surface area contributed by atoms with E-state index in [2.05, 4.69) is 12.0 Å². The second-order valence-electron chi connectivity index (χ2n) is 4.55. The van der Waals surface area contributed by atoms with Crippen molar-refractivity contribution in [2.24, 2.45) is 13.0 Å². The van der Waals surface area contributed by atoms with Gasteiger partial charge in [-0.15, -0.1) is 0 Å². The molecule has 1 heterocycles.